The zero-order valence-corrected chi connectivity index (χ0v) is 30.1. The van der Waals surface area contributed by atoms with Gasteiger partial charge in [0.2, 0.25) is 0 Å². The first-order chi connectivity index (χ1) is 26.1. The molecule has 8 heteroatoms. The number of cyclic esters (lactones) is 2. The van der Waals surface area contributed by atoms with Crippen LogP contribution in [-0.2, 0) is 29.9 Å². The van der Waals surface area contributed by atoms with E-state index in [4.69, 9.17) is 9.47 Å². The van der Waals surface area contributed by atoms with Crippen molar-refractivity contribution in [3.05, 3.63) is 179 Å². The summed E-state index contributed by atoms with van der Waals surface area (Å²) in [6.07, 6.45) is 7.22. The maximum absolute atomic E-state index is 13.8. The lowest BCUT2D eigenvalue weighted by molar-refractivity contribution is -0.131. The lowest BCUT2D eigenvalue weighted by Gasteiger charge is -2.42. The third-order valence-corrected chi connectivity index (χ3v) is 11.3. The highest BCUT2D eigenvalue weighted by atomic mass is 16.6. The van der Waals surface area contributed by atoms with Crippen LogP contribution in [0.3, 0.4) is 0 Å². The highest BCUT2D eigenvalue weighted by molar-refractivity contribution is 6.24. The third kappa shape index (κ3) is 4.43. The van der Waals surface area contributed by atoms with E-state index in [2.05, 4.69) is 71.7 Å². The Morgan fingerprint density at radius 3 is 1.30 bits per heavy atom. The smallest absolute Gasteiger partial charge is 0.348 e. The third-order valence-electron chi connectivity index (χ3n) is 11.3. The molecule has 4 aliphatic heterocycles. The van der Waals surface area contributed by atoms with Gasteiger partial charge < -0.3 is 19.3 Å². The van der Waals surface area contributed by atoms with Gasteiger partial charge in [-0.2, -0.15) is 0 Å². The van der Waals surface area contributed by atoms with Crippen LogP contribution in [0.25, 0.3) is 11.5 Å². The molecule has 10 rings (SSSR count). The fraction of sp³-hybridized carbons (Fsp3) is 0.130. The number of fused-ring (bicyclic) bond motifs is 5. The molecule has 6 aromatic rings. The Hall–Kier alpha value is -6.80. The molecule has 4 aliphatic rings. The van der Waals surface area contributed by atoms with Crippen molar-refractivity contribution in [2.75, 3.05) is 9.80 Å². The van der Waals surface area contributed by atoms with E-state index >= 15 is 0 Å². The number of esters is 2. The van der Waals surface area contributed by atoms with Gasteiger partial charge in [-0.05, 0) is 95.1 Å². The van der Waals surface area contributed by atoms with Crippen LogP contribution in [0, 0.1) is 0 Å². The average Bonchev–Trinajstić information content (AvgIpc) is 3.73. The number of ether oxygens (including phenoxy) is 2. The van der Waals surface area contributed by atoms with Crippen molar-refractivity contribution in [3.8, 4) is 0 Å². The Morgan fingerprint density at radius 1 is 0.481 bits per heavy atom. The highest BCUT2D eigenvalue weighted by Gasteiger charge is 2.47. The number of aromatic nitrogens is 2. The molecule has 2 aromatic heterocycles. The molecule has 0 amide bonds. The molecular weight excluding hydrogens is 673 g/mol. The van der Waals surface area contributed by atoms with E-state index in [-0.39, 0.29) is 22.7 Å². The molecule has 0 atom stereocenters. The molecule has 6 heterocycles. The van der Waals surface area contributed by atoms with E-state index in [0.29, 0.717) is 11.1 Å². The van der Waals surface area contributed by atoms with Gasteiger partial charge in [-0.3, -0.25) is 9.97 Å². The standard InChI is InChI=1S/C46H34N4O4/c1-45(2)31-13-5-7-15-35(31)49(29-11-9-21-47-25-29)37-19-17-27(23-33(37)45)41-39-40(44(52)53-41)42(54-43(39)51)28-18-20-38-34(24-28)46(3,4)32-14-6-8-16-36(32)50(38)30-12-10-22-48-26-30/h5-26H,1-4H3. The van der Waals surface area contributed by atoms with Gasteiger partial charge in [0.1, 0.15) is 11.1 Å². The minimum Gasteiger partial charge on any atom is -0.421 e. The molecule has 0 radical (unpaired) electrons. The van der Waals surface area contributed by atoms with Crippen molar-refractivity contribution in [3.63, 3.8) is 0 Å². The number of rotatable bonds is 4. The highest BCUT2D eigenvalue weighted by Crippen LogP contribution is 2.55. The molecule has 0 bridgehead atoms. The quantitative estimate of drug-likeness (QED) is 0.168. The van der Waals surface area contributed by atoms with Crippen LogP contribution in [-0.4, -0.2) is 21.9 Å². The summed E-state index contributed by atoms with van der Waals surface area (Å²) in [4.78, 5) is 40.8. The molecule has 54 heavy (non-hydrogen) atoms. The molecule has 0 aliphatic carbocycles. The van der Waals surface area contributed by atoms with Crippen LogP contribution in [0.2, 0.25) is 0 Å². The van der Waals surface area contributed by atoms with Crippen molar-refractivity contribution in [1.29, 1.82) is 0 Å². The van der Waals surface area contributed by atoms with Crippen molar-refractivity contribution < 1.29 is 19.1 Å². The number of pyridine rings is 2. The zero-order chi connectivity index (χ0) is 36.9. The molecule has 0 unspecified atom stereocenters. The minimum atomic E-state index is -0.612. The summed E-state index contributed by atoms with van der Waals surface area (Å²) in [5.41, 5.74) is 11.0. The lowest BCUT2D eigenvalue weighted by atomic mass is 9.73. The normalized spacial score (nSPS) is 17.3. The monoisotopic (exact) mass is 706 g/mol. The van der Waals surface area contributed by atoms with Crippen molar-refractivity contribution in [2.24, 2.45) is 0 Å². The minimum absolute atomic E-state index is 0.146. The van der Waals surface area contributed by atoms with E-state index < -0.39 is 22.8 Å². The summed E-state index contributed by atoms with van der Waals surface area (Å²) in [6, 6.07) is 36.5. The molecule has 4 aromatic carbocycles. The van der Waals surface area contributed by atoms with E-state index in [9.17, 15) is 9.59 Å². The molecular formula is C46H34N4O4. The second kappa shape index (κ2) is 11.3. The van der Waals surface area contributed by atoms with Gasteiger partial charge in [0.25, 0.3) is 0 Å². The maximum Gasteiger partial charge on any atom is 0.348 e. The van der Waals surface area contributed by atoms with Gasteiger partial charge >= 0.3 is 11.9 Å². The largest absolute Gasteiger partial charge is 0.421 e. The maximum atomic E-state index is 13.8. The van der Waals surface area contributed by atoms with Crippen molar-refractivity contribution in [1.82, 2.24) is 9.97 Å². The number of hydrogen-bond donors (Lipinski definition) is 0. The molecule has 0 saturated heterocycles. The van der Waals surface area contributed by atoms with Gasteiger partial charge in [0.05, 0.1) is 46.5 Å². The Morgan fingerprint density at radius 2 is 0.889 bits per heavy atom. The average molecular weight is 707 g/mol. The summed E-state index contributed by atoms with van der Waals surface area (Å²) in [7, 11) is 0. The summed E-state index contributed by atoms with van der Waals surface area (Å²) in [5, 5.41) is 0. The van der Waals surface area contributed by atoms with Crippen molar-refractivity contribution >= 4 is 57.6 Å². The molecule has 0 fully saturated rings. The molecule has 262 valence electrons. The Balaban J connectivity index is 1.11. The predicted octanol–water partition coefficient (Wildman–Crippen LogP) is 9.93. The SMILES string of the molecule is CC1(C)c2ccccc2N(c2cccnc2)c2ccc(C3=C4C(=O)OC(c5ccc6c(c5)C(C)(C)c5ccccc5N6c5cccnc5)=C4C(=O)O3)cc21. The van der Waals surface area contributed by atoms with Crippen LogP contribution in [0.4, 0.5) is 34.1 Å². The van der Waals surface area contributed by atoms with Crippen LogP contribution < -0.4 is 9.80 Å². The van der Waals surface area contributed by atoms with Gasteiger partial charge in [0.15, 0.2) is 11.5 Å². The summed E-state index contributed by atoms with van der Waals surface area (Å²) in [5.74, 6) is -0.815. The number of hydrogen-bond acceptors (Lipinski definition) is 8. The number of nitrogens with zero attached hydrogens (tertiary/aromatic N) is 4. The van der Waals surface area contributed by atoms with Crippen LogP contribution in [0.1, 0.15) is 61.1 Å². The molecule has 0 N–H and O–H groups in total. The number of benzene rings is 4. The lowest BCUT2D eigenvalue weighted by Crippen LogP contribution is -2.30. The fourth-order valence-corrected chi connectivity index (χ4v) is 8.63. The molecule has 0 spiro atoms. The van der Waals surface area contributed by atoms with E-state index in [0.717, 1.165) is 56.4 Å². The van der Waals surface area contributed by atoms with E-state index in [1.54, 1.807) is 12.4 Å². The summed E-state index contributed by atoms with van der Waals surface area (Å²) >= 11 is 0. The van der Waals surface area contributed by atoms with Crippen LogP contribution in [0.5, 0.6) is 0 Å². The number of para-hydroxylation sites is 2. The number of carbonyl (C=O) groups excluding carboxylic acids is 2. The first-order valence-electron chi connectivity index (χ1n) is 18.0. The Labute approximate surface area is 312 Å². The fourth-order valence-electron chi connectivity index (χ4n) is 8.63. The predicted molar refractivity (Wildman–Crippen MR) is 208 cm³/mol. The Kier molecular flexibility index (Phi) is 6.70. The second-order valence-electron chi connectivity index (χ2n) is 15.0. The van der Waals surface area contributed by atoms with E-state index in [1.165, 1.54) is 0 Å². The van der Waals surface area contributed by atoms with Gasteiger partial charge in [-0.15, -0.1) is 0 Å². The van der Waals surface area contributed by atoms with Gasteiger partial charge in [-0.1, -0.05) is 64.1 Å². The topological polar surface area (TPSA) is 84.9 Å². The van der Waals surface area contributed by atoms with Gasteiger partial charge in [0, 0.05) is 34.4 Å². The molecule has 8 nitrogen and oxygen atoms in total. The first-order valence-corrected chi connectivity index (χ1v) is 18.0. The number of anilines is 6. The van der Waals surface area contributed by atoms with Gasteiger partial charge in [-0.25, -0.2) is 9.59 Å². The zero-order valence-electron chi connectivity index (χ0n) is 30.1. The van der Waals surface area contributed by atoms with Crippen LogP contribution >= 0.6 is 0 Å². The Bertz CT molecular complexity index is 2480. The summed E-state index contributed by atoms with van der Waals surface area (Å²) < 4.78 is 12.0. The first kappa shape index (κ1) is 31.9. The molecule has 0 saturated carbocycles. The van der Waals surface area contributed by atoms with Crippen LogP contribution in [0.15, 0.2) is 145 Å². The summed E-state index contributed by atoms with van der Waals surface area (Å²) in [6.45, 7) is 8.75. The van der Waals surface area contributed by atoms with Crippen molar-refractivity contribution in [2.45, 2.75) is 38.5 Å². The number of carbonyl (C=O) groups is 2. The van der Waals surface area contributed by atoms with E-state index in [1.807, 2.05) is 97.3 Å². The second-order valence-corrected chi connectivity index (χ2v) is 15.0.